The Morgan fingerprint density at radius 3 is 3.04 bits per heavy atom. The summed E-state index contributed by atoms with van der Waals surface area (Å²) in [5, 5.41) is 24.4. The van der Waals surface area contributed by atoms with Crippen LogP contribution in [0.15, 0.2) is 24.5 Å². The van der Waals surface area contributed by atoms with E-state index in [0.29, 0.717) is 5.92 Å². The molecule has 122 valence electrons. The van der Waals surface area contributed by atoms with Gasteiger partial charge in [0.25, 0.3) is 0 Å². The van der Waals surface area contributed by atoms with Crippen molar-refractivity contribution < 1.29 is 0 Å². The Morgan fingerprint density at radius 1 is 1.12 bits per heavy atom. The molecule has 4 heterocycles. The smallest absolute Gasteiger partial charge is 0.177 e. The van der Waals surface area contributed by atoms with Crippen molar-refractivity contribution in [3.8, 4) is 0 Å². The minimum Gasteiger partial charge on any atom is -0.368 e. The summed E-state index contributed by atoms with van der Waals surface area (Å²) >= 11 is 0. The van der Waals surface area contributed by atoms with Crippen LogP contribution in [0.2, 0.25) is 0 Å². The summed E-state index contributed by atoms with van der Waals surface area (Å²) in [5.41, 5.74) is 3.33. The number of nitrogens with one attached hydrogen (secondary N) is 1. The van der Waals surface area contributed by atoms with Crippen LogP contribution in [0.3, 0.4) is 0 Å². The van der Waals surface area contributed by atoms with Crippen LogP contribution in [0.1, 0.15) is 17.7 Å². The predicted molar refractivity (Wildman–Crippen MR) is 89.0 cm³/mol. The summed E-state index contributed by atoms with van der Waals surface area (Å²) in [6, 6.07) is 6.07. The van der Waals surface area contributed by atoms with E-state index in [1.807, 2.05) is 12.1 Å². The molecule has 1 fully saturated rings. The van der Waals surface area contributed by atoms with Crippen molar-refractivity contribution in [2.45, 2.75) is 19.3 Å². The first kappa shape index (κ1) is 13.6. The van der Waals surface area contributed by atoms with E-state index in [1.165, 1.54) is 17.7 Å². The van der Waals surface area contributed by atoms with Crippen molar-refractivity contribution in [2.24, 2.45) is 5.92 Å². The van der Waals surface area contributed by atoms with Gasteiger partial charge in [0.05, 0.1) is 5.69 Å². The molecular formula is C16H18N8. The second-order valence-electron chi connectivity index (χ2n) is 6.53. The summed E-state index contributed by atoms with van der Waals surface area (Å²) in [6.45, 7) is 2.92. The van der Waals surface area contributed by atoms with Crippen molar-refractivity contribution >= 4 is 17.3 Å². The van der Waals surface area contributed by atoms with Crippen LogP contribution in [-0.2, 0) is 12.8 Å². The van der Waals surface area contributed by atoms with Gasteiger partial charge in [-0.1, -0.05) is 0 Å². The van der Waals surface area contributed by atoms with Gasteiger partial charge >= 0.3 is 0 Å². The third kappa shape index (κ3) is 2.34. The molecule has 1 saturated heterocycles. The van der Waals surface area contributed by atoms with E-state index in [2.05, 4.69) is 41.8 Å². The standard InChI is InChI=1S/C16H18N8/c1-2-12-6-16(21-19-13(12)3-1)23-8-11(9-23)7-17-14-4-5-15-20-18-10-24(15)22-14/h4-6,10-11H,1-3,7-9H2,(H,17,22). The van der Waals surface area contributed by atoms with Gasteiger partial charge in [0.15, 0.2) is 11.5 Å². The first-order valence-electron chi connectivity index (χ1n) is 8.36. The summed E-state index contributed by atoms with van der Waals surface area (Å²) in [6.07, 6.45) is 5.05. The molecule has 2 aliphatic rings. The maximum absolute atomic E-state index is 4.43. The fourth-order valence-electron chi connectivity index (χ4n) is 3.43. The molecule has 0 saturated carbocycles. The normalized spacial score (nSPS) is 17.1. The molecule has 0 spiro atoms. The Balaban J connectivity index is 1.18. The van der Waals surface area contributed by atoms with E-state index in [9.17, 15) is 0 Å². The molecule has 8 nitrogen and oxygen atoms in total. The summed E-state index contributed by atoms with van der Waals surface area (Å²) in [7, 11) is 0. The Labute approximate surface area is 138 Å². The molecule has 0 atom stereocenters. The first-order valence-corrected chi connectivity index (χ1v) is 8.36. The number of aryl methyl sites for hydroxylation is 2. The highest BCUT2D eigenvalue weighted by Crippen LogP contribution is 2.27. The summed E-state index contributed by atoms with van der Waals surface area (Å²) < 4.78 is 1.68. The van der Waals surface area contributed by atoms with Crippen molar-refractivity contribution in [3.05, 3.63) is 35.8 Å². The van der Waals surface area contributed by atoms with Crippen LogP contribution in [-0.4, -0.2) is 49.6 Å². The number of fused-ring (bicyclic) bond motifs is 2. The van der Waals surface area contributed by atoms with Crippen molar-refractivity contribution in [1.82, 2.24) is 30.0 Å². The van der Waals surface area contributed by atoms with Gasteiger partial charge in [-0.15, -0.1) is 20.4 Å². The molecule has 0 radical (unpaired) electrons. The third-order valence-corrected chi connectivity index (χ3v) is 4.82. The molecule has 8 heteroatoms. The Morgan fingerprint density at radius 2 is 2.08 bits per heavy atom. The number of hydrogen-bond donors (Lipinski definition) is 1. The van der Waals surface area contributed by atoms with Crippen LogP contribution >= 0.6 is 0 Å². The zero-order valence-electron chi connectivity index (χ0n) is 13.3. The zero-order valence-corrected chi connectivity index (χ0v) is 13.3. The zero-order chi connectivity index (χ0) is 15.9. The number of anilines is 2. The van der Waals surface area contributed by atoms with Crippen molar-refractivity contribution in [2.75, 3.05) is 29.9 Å². The second kappa shape index (κ2) is 5.40. The lowest BCUT2D eigenvalue weighted by Gasteiger charge is -2.40. The fraction of sp³-hybridized carbons (Fsp3) is 0.438. The maximum Gasteiger partial charge on any atom is 0.177 e. The number of rotatable bonds is 4. The van der Waals surface area contributed by atoms with E-state index >= 15 is 0 Å². The van der Waals surface area contributed by atoms with Gasteiger partial charge in [-0.2, -0.15) is 9.61 Å². The number of hydrogen-bond acceptors (Lipinski definition) is 7. The van der Waals surface area contributed by atoms with Crippen LogP contribution in [0.4, 0.5) is 11.6 Å². The quantitative estimate of drug-likeness (QED) is 0.765. The molecular weight excluding hydrogens is 304 g/mol. The maximum atomic E-state index is 4.43. The van der Waals surface area contributed by atoms with E-state index in [4.69, 9.17) is 0 Å². The lowest BCUT2D eigenvalue weighted by molar-refractivity contribution is 0.424. The van der Waals surface area contributed by atoms with Crippen LogP contribution < -0.4 is 10.2 Å². The average Bonchev–Trinajstić information content (AvgIpc) is 3.21. The highest BCUT2D eigenvalue weighted by Gasteiger charge is 2.28. The van der Waals surface area contributed by atoms with Crippen molar-refractivity contribution in [1.29, 1.82) is 0 Å². The van der Waals surface area contributed by atoms with E-state index in [1.54, 1.807) is 10.8 Å². The monoisotopic (exact) mass is 322 g/mol. The van der Waals surface area contributed by atoms with Gasteiger partial charge in [0, 0.05) is 25.6 Å². The second-order valence-corrected chi connectivity index (χ2v) is 6.53. The van der Waals surface area contributed by atoms with Crippen LogP contribution in [0.25, 0.3) is 5.65 Å². The molecule has 0 unspecified atom stereocenters. The van der Waals surface area contributed by atoms with Gasteiger partial charge in [0.2, 0.25) is 0 Å². The molecule has 5 rings (SSSR count). The minimum absolute atomic E-state index is 0.596. The topological polar surface area (TPSA) is 84.1 Å². The molecule has 24 heavy (non-hydrogen) atoms. The van der Waals surface area contributed by atoms with E-state index in [0.717, 1.165) is 49.8 Å². The van der Waals surface area contributed by atoms with Gasteiger partial charge in [-0.3, -0.25) is 0 Å². The Kier molecular flexibility index (Phi) is 3.07. The number of nitrogens with zero attached hydrogens (tertiary/aromatic N) is 7. The predicted octanol–water partition coefficient (Wildman–Crippen LogP) is 0.951. The fourth-order valence-corrected chi connectivity index (χ4v) is 3.43. The van der Waals surface area contributed by atoms with Crippen LogP contribution in [0, 0.1) is 5.92 Å². The Bertz CT molecular complexity index is 883. The average molecular weight is 322 g/mol. The molecule has 0 bridgehead atoms. The molecule has 3 aromatic heterocycles. The summed E-state index contributed by atoms with van der Waals surface area (Å²) in [5.74, 6) is 2.47. The van der Waals surface area contributed by atoms with Gasteiger partial charge < -0.3 is 10.2 Å². The highest BCUT2D eigenvalue weighted by atomic mass is 15.4. The lowest BCUT2D eigenvalue weighted by atomic mass is 10.00. The third-order valence-electron chi connectivity index (χ3n) is 4.82. The minimum atomic E-state index is 0.596. The number of aromatic nitrogens is 6. The molecule has 0 aromatic carbocycles. The molecule has 1 N–H and O–H groups in total. The molecule has 1 aliphatic heterocycles. The largest absolute Gasteiger partial charge is 0.368 e. The van der Waals surface area contributed by atoms with E-state index in [-0.39, 0.29) is 0 Å². The van der Waals surface area contributed by atoms with Gasteiger partial charge in [-0.05, 0) is 43.0 Å². The van der Waals surface area contributed by atoms with Crippen molar-refractivity contribution in [3.63, 3.8) is 0 Å². The van der Waals surface area contributed by atoms with Gasteiger partial charge in [0.1, 0.15) is 12.1 Å². The molecule has 0 amide bonds. The molecule has 3 aromatic rings. The SMILES string of the molecule is c1cc2nncn2nc1NCC1CN(c2cc3c(nn2)CCC3)C1. The van der Waals surface area contributed by atoms with E-state index < -0.39 is 0 Å². The lowest BCUT2D eigenvalue weighted by Crippen LogP contribution is -2.50. The Hall–Kier alpha value is -2.77. The highest BCUT2D eigenvalue weighted by molar-refractivity contribution is 5.46. The summed E-state index contributed by atoms with van der Waals surface area (Å²) in [4.78, 5) is 2.30. The van der Waals surface area contributed by atoms with Gasteiger partial charge in [-0.25, -0.2) is 0 Å². The van der Waals surface area contributed by atoms with Crippen LogP contribution in [0.5, 0.6) is 0 Å². The first-order chi connectivity index (χ1) is 11.8. The molecule has 1 aliphatic carbocycles.